The molecule has 4 rings (SSSR count). The maximum Gasteiger partial charge on any atom is 0.239 e. The summed E-state index contributed by atoms with van der Waals surface area (Å²) in [5.74, 6) is -0.757. The Bertz CT molecular complexity index is 1150. The Morgan fingerprint density at radius 3 is 2.55 bits per heavy atom. The predicted molar refractivity (Wildman–Crippen MR) is 109 cm³/mol. The Labute approximate surface area is 171 Å². The summed E-state index contributed by atoms with van der Waals surface area (Å²) in [4.78, 5) is 16.5. The van der Waals surface area contributed by atoms with E-state index in [0.29, 0.717) is 11.1 Å². The molecule has 0 aliphatic rings. The average molecular weight is 408 g/mol. The van der Waals surface area contributed by atoms with E-state index < -0.39 is 5.82 Å². The van der Waals surface area contributed by atoms with Crippen LogP contribution in [0.3, 0.4) is 0 Å². The molecular formula is C22H15ClFN3O2. The molecule has 2 aromatic heterocycles. The van der Waals surface area contributed by atoms with Crippen LogP contribution in [-0.2, 0) is 11.2 Å². The van der Waals surface area contributed by atoms with Crippen LogP contribution in [0.4, 0.5) is 10.3 Å². The van der Waals surface area contributed by atoms with Gasteiger partial charge in [-0.25, -0.2) is 4.39 Å². The van der Waals surface area contributed by atoms with Crippen molar-refractivity contribution < 1.29 is 13.7 Å². The third-order valence-electron chi connectivity index (χ3n) is 4.33. The summed E-state index contributed by atoms with van der Waals surface area (Å²) >= 11 is 5.93. The normalized spacial score (nSPS) is 10.7. The van der Waals surface area contributed by atoms with E-state index in [9.17, 15) is 9.18 Å². The van der Waals surface area contributed by atoms with Gasteiger partial charge >= 0.3 is 0 Å². The highest BCUT2D eigenvalue weighted by Gasteiger charge is 2.23. The Balaban J connectivity index is 1.74. The van der Waals surface area contributed by atoms with Gasteiger partial charge in [0.15, 0.2) is 5.82 Å². The zero-order chi connectivity index (χ0) is 20.2. The largest absolute Gasteiger partial charge is 0.337 e. The topological polar surface area (TPSA) is 68.0 Å². The van der Waals surface area contributed by atoms with E-state index >= 15 is 0 Å². The molecule has 1 N–H and O–H groups in total. The maximum atomic E-state index is 14.6. The number of amides is 1. The summed E-state index contributed by atoms with van der Waals surface area (Å²) in [6.45, 7) is 0. The van der Waals surface area contributed by atoms with Crippen molar-refractivity contribution in [3.8, 4) is 22.4 Å². The number of benzene rings is 2. The Kier molecular flexibility index (Phi) is 5.35. The molecule has 29 heavy (non-hydrogen) atoms. The van der Waals surface area contributed by atoms with Crippen molar-refractivity contribution in [2.24, 2.45) is 0 Å². The number of halogens is 2. The van der Waals surface area contributed by atoms with E-state index in [1.807, 2.05) is 30.3 Å². The lowest BCUT2D eigenvalue weighted by Gasteiger charge is -2.07. The molecule has 0 saturated heterocycles. The van der Waals surface area contributed by atoms with Gasteiger partial charge in [0, 0.05) is 18.0 Å². The van der Waals surface area contributed by atoms with E-state index in [-0.39, 0.29) is 34.5 Å². The van der Waals surface area contributed by atoms with Crippen LogP contribution >= 0.6 is 11.6 Å². The number of anilines is 1. The Hall–Kier alpha value is -3.51. The van der Waals surface area contributed by atoms with E-state index in [4.69, 9.17) is 16.1 Å². The number of rotatable bonds is 5. The minimum absolute atomic E-state index is 0.0270. The monoisotopic (exact) mass is 407 g/mol. The van der Waals surface area contributed by atoms with Gasteiger partial charge in [0.05, 0.1) is 17.0 Å². The lowest BCUT2D eigenvalue weighted by Crippen LogP contribution is -2.14. The highest BCUT2D eigenvalue weighted by molar-refractivity contribution is 6.31. The van der Waals surface area contributed by atoms with Crippen molar-refractivity contribution in [3.05, 3.63) is 89.5 Å². The lowest BCUT2D eigenvalue weighted by molar-refractivity contribution is -0.115. The van der Waals surface area contributed by atoms with Crippen molar-refractivity contribution in [3.63, 3.8) is 0 Å². The number of carbonyl (C=O) groups is 1. The van der Waals surface area contributed by atoms with Gasteiger partial charge in [-0.1, -0.05) is 53.2 Å². The highest BCUT2D eigenvalue weighted by atomic mass is 35.5. The molecule has 2 aromatic carbocycles. The van der Waals surface area contributed by atoms with Gasteiger partial charge in [0.25, 0.3) is 0 Å². The molecule has 7 heteroatoms. The van der Waals surface area contributed by atoms with Gasteiger partial charge in [0.1, 0.15) is 5.69 Å². The third-order valence-corrected chi connectivity index (χ3v) is 4.62. The first-order valence-corrected chi connectivity index (χ1v) is 9.19. The summed E-state index contributed by atoms with van der Waals surface area (Å²) in [7, 11) is 0. The smallest absolute Gasteiger partial charge is 0.239 e. The van der Waals surface area contributed by atoms with Gasteiger partial charge in [-0.05, 0) is 35.4 Å². The standard InChI is InChI=1S/C22H15ClFN3O2/c23-17-8-4-7-16(20(17)24)21-19(15-9-11-25-12-10-15)22(29-27-21)26-18(28)13-14-5-2-1-3-6-14/h1-12H,13H2,(H,26,28). The maximum absolute atomic E-state index is 14.6. The van der Waals surface area contributed by atoms with Gasteiger partial charge in [0.2, 0.25) is 11.8 Å². The Morgan fingerprint density at radius 2 is 1.79 bits per heavy atom. The number of nitrogens with zero attached hydrogens (tertiary/aromatic N) is 2. The number of hydrogen-bond acceptors (Lipinski definition) is 4. The van der Waals surface area contributed by atoms with E-state index in [1.54, 1.807) is 36.7 Å². The van der Waals surface area contributed by atoms with Crippen molar-refractivity contribution in [2.45, 2.75) is 6.42 Å². The number of hydrogen-bond donors (Lipinski definition) is 1. The molecule has 1 amide bonds. The average Bonchev–Trinajstić information content (AvgIpc) is 3.14. The van der Waals surface area contributed by atoms with Crippen LogP contribution in [0.2, 0.25) is 5.02 Å². The molecule has 0 saturated carbocycles. The number of nitrogens with one attached hydrogen (secondary N) is 1. The molecule has 0 radical (unpaired) electrons. The van der Waals surface area contributed by atoms with Gasteiger partial charge in [-0.3, -0.25) is 15.1 Å². The fourth-order valence-electron chi connectivity index (χ4n) is 2.98. The third kappa shape index (κ3) is 4.02. The van der Waals surface area contributed by atoms with Crippen LogP contribution in [0.1, 0.15) is 5.56 Å². The van der Waals surface area contributed by atoms with Crippen LogP contribution in [0, 0.1) is 5.82 Å². The number of pyridine rings is 1. The van der Waals surface area contributed by atoms with Crippen molar-refractivity contribution in [2.75, 3.05) is 5.32 Å². The van der Waals surface area contributed by atoms with Crippen LogP contribution in [0.15, 0.2) is 77.6 Å². The van der Waals surface area contributed by atoms with Crippen LogP contribution < -0.4 is 5.32 Å². The highest BCUT2D eigenvalue weighted by Crippen LogP contribution is 2.39. The summed E-state index contributed by atoms with van der Waals surface area (Å²) in [5.41, 5.74) is 2.40. The fourth-order valence-corrected chi connectivity index (χ4v) is 3.16. The minimum Gasteiger partial charge on any atom is -0.337 e. The van der Waals surface area contributed by atoms with E-state index in [1.165, 1.54) is 6.07 Å². The molecule has 0 bridgehead atoms. The molecule has 5 nitrogen and oxygen atoms in total. The van der Waals surface area contributed by atoms with Gasteiger partial charge in [-0.15, -0.1) is 0 Å². The first-order chi connectivity index (χ1) is 14.1. The predicted octanol–water partition coefficient (Wildman–Crippen LogP) is 5.38. The van der Waals surface area contributed by atoms with Crippen LogP contribution in [0.25, 0.3) is 22.4 Å². The molecule has 0 fully saturated rings. The molecule has 2 heterocycles. The van der Waals surface area contributed by atoms with Gasteiger partial charge in [-0.2, -0.15) is 0 Å². The first-order valence-electron chi connectivity index (χ1n) is 8.81. The quantitative estimate of drug-likeness (QED) is 0.482. The van der Waals surface area contributed by atoms with Crippen LogP contribution in [0.5, 0.6) is 0 Å². The van der Waals surface area contributed by atoms with Crippen molar-refractivity contribution in [1.82, 2.24) is 10.1 Å². The fraction of sp³-hybridized carbons (Fsp3) is 0.0455. The van der Waals surface area contributed by atoms with E-state index in [0.717, 1.165) is 5.56 Å². The second kappa shape index (κ2) is 8.24. The van der Waals surface area contributed by atoms with Crippen molar-refractivity contribution >= 4 is 23.4 Å². The zero-order valence-electron chi connectivity index (χ0n) is 15.1. The molecule has 0 spiro atoms. The SMILES string of the molecule is O=C(Cc1ccccc1)Nc1onc(-c2cccc(Cl)c2F)c1-c1ccncc1. The second-order valence-electron chi connectivity index (χ2n) is 6.28. The molecule has 0 atom stereocenters. The summed E-state index contributed by atoms with van der Waals surface area (Å²) in [6.07, 6.45) is 3.35. The van der Waals surface area contributed by atoms with Crippen molar-refractivity contribution in [1.29, 1.82) is 0 Å². The molecule has 4 aromatic rings. The lowest BCUT2D eigenvalue weighted by atomic mass is 10.0. The van der Waals surface area contributed by atoms with Crippen LogP contribution in [-0.4, -0.2) is 16.0 Å². The summed E-state index contributed by atoms with van der Waals surface area (Å²) in [5, 5.41) is 6.73. The minimum atomic E-state index is -0.611. The number of aromatic nitrogens is 2. The van der Waals surface area contributed by atoms with E-state index in [2.05, 4.69) is 15.5 Å². The molecule has 0 aliphatic carbocycles. The molecule has 144 valence electrons. The molecule has 0 aliphatic heterocycles. The number of carbonyl (C=O) groups excluding carboxylic acids is 1. The molecule has 0 unspecified atom stereocenters. The summed E-state index contributed by atoms with van der Waals surface area (Å²) < 4.78 is 20.0. The zero-order valence-corrected chi connectivity index (χ0v) is 15.9. The Morgan fingerprint density at radius 1 is 1.03 bits per heavy atom. The van der Waals surface area contributed by atoms with Gasteiger partial charge < -0.3 is 4.52 Å². The second-order valence-corrected chi connectivity index (χ2v) is 6.69. The summed E-state index contributed by atoms with van der Waals surface area (Å²) in [6, 6.07) is 17.4. The first kappa shape index (κ1) is 18.8. The molecular weight excluding hydrogens is 393 g/mol.